The average molecular weight is 424 g/mol. The summed E-state index contributed by atoms with van der Waals surface area (Å²) in [6, 6.07) is 9.02. The zero-order valence-corrected chi connectivity index (χ0v) is 17.5. The molecule has 0 aromatic heterocycles. The van der Waals surface area contributed by atoms with Gasteiger partial charge in [-0.25, -0.2) is 13.1 Å². The van der Waals surface area contributed by atoms with Gasteiger partial charge in [0.1, 0.15) is 11.5 Å². The van der Waals surface area contributed by atoms with Crippen molar-refractivity contribution in [2.45, 2.75) is 4.90 Å². The Hall–Kier alpha value is -2.98. The molecule has 0 saturated heterocycles. The lowest BCUT2D eigenvalue weighted by molar-refractivity contribution is 0.0951. The first-order chi connectivity index (χ1) is 13.9. The smallest absolute Gasteiger partial charge is 0.255 e. The molecule has 0 aliphatic heterocycles. The zero-order chi connectivity index (χ0) is 21.4. The molecule has 10 heteroatoms. The average Bonchev–Trinajstić information content (AvgIpc) is 2.75. The number of methoxy groups -OCH3 is 4. The fraction of sp³-hybridized carbons (Fsp3) is 0.316. The van der Waals surface area contributed by atoms with Gasteiger partial charge < -0.3 is 24.3 Å². The van der Waals surface area contributed by atoms with Gasteiger partial charge in [0.25, 0.3) is 5.91 Å². The summed E-state index contributed by atoms with van der Waals surface area (Å²) >= 11 is 0. The molecule has 2 aromatic carbocycles. The zero-order valence-electron chi connectivity index (χ0n) is 16.6. The Morgan fingerprint density at radius 1 is 0.828 bits per heavy atom. The lowest BCUT2D eigenvalue weighted by Crippen LogP contribution is -2.34. The second-order valence-electron chi connectivity index (χ2n) is 5.74. The van der Waals surface area contributed by atoms with Gasteiger partial charge in [-0.15, -0.1) is 0 Å². The molecule has 0 radical (unpaired) electrons. The first-order valence-electron chi connectivity index (χ1n) is 8.58. The monoisotopic (exact) mass is 424 g/mol. The van der Waals surface area contributed by atoms with Gasteiger partial charge in [-0.05, 0) is 24.3 Å². The SMILES string of the molecule is COc1ccc(S(=O)(=O)NCCNC(=O)c2cc(OC)c(OC)cc2OC)cc1. The molecule has 0 atom stereocenters. The molecule has 0 aliphatic rings. The Labute approximate surface area is 170 Å². The highest BCUT2D eigenvalue weighted by Crippen LogP contribution is 2.34. The van der Waals surface area contributed by atoms with Gasteiger partial charge in [0.05, 0.1) is 38.9 Å². The maximum atomic E-state index is 12.5. The van der Waals surface area contributed by atoms with Gasteiger partial charge in [0.15, 0.2) is 11.5 Å². The van der Waals surface area contributed by atoms with Crippen molar-refractivity contribution in [2.75, 3.05) is 41.5 Å². The number of hydrogen-bond donors (Lipinski definition) is 2. The topological polar surface area (TPSA) is 112 Å². The van der Waals surface area contributed by atoms with Crippen LogP contribution in [0.15, 0.2) is 41.3 Å². The predicted octanol–water partition coefficient (Wildman–Crippen LogP) is 1.43. The molecule has 2 N–H and O–H groups in total. The molecule has 29 heavy (non-hydrogen) atoms. The van der Waals surface area contributed by atoms with Gasteiger partial charge in [0, 0.05) is 25.2 Å². The Morgan fingerprint density at radius 3 is 1.97 bits per heavy atom. The highest BCUT2D eigenvalue weighted by molar-refractivity contribution is 7.89. The summed E-state index contributed by atoms with van der Waals surface area (Å²) in [5.74, 6) is 1.22. The number of rotatable bonds is 10. The number of hydrogen-bond acceptors (Lipinski definition) is 7. The van der Waals surface area contributed by atoms with Gasteiger partial charge in [-0.1, -0.05) is 0 Å². The second kappa shape index (κ2) is 9.99. The summed E-state index contributed by atoms with van der Waals surface area (Å²) in [6.45, 7) is 0.0847. The number of ether oxygens (including phenoxy) is 4. The summed E-state index contributed by atoms with van der Waals surface area (Å²) in [4.78, 5) is 12.6. The van der Waals surface area contributed by atoms with E-state index in [1.807, 2.05) is 0 Å². The third-order valence-corrected chi connectivity index (χ3v) is 5.50. The maximum Gasteiger partial charge on any atom is 0.255 e. The number of amides is 1. The van der Waals surface area contributed by atoms with Crippen LogP contribution in [0.1, 0.15) is 10.4 Å². The minimum atomic E-state index is -3.70. The van der Waals surface area contributed by atoms with Crippen LogP contribution in [0.4, 0.5) is 0 Å². The van der Waals surface area contributed by atoms with E-state index in [2.05, 4.69) is 10.0 Å². The summed E-state index contributed by atoms with van der Waals surface area (Å²) < 4.78 is 47.6. The molecule has 158 valence electrons. The minimum Gasteiger partial charge on any atom is -0.497 e. The van der Waals surface area contributed by atoms with E-state index in [-0.39, 0.29) is 23.5 Å². The van der Waals surface area contributed by atoms with E-state index in [1.54, 1.807) is 18.2 Å². The number of benzene rings is 2. The largest absolute Gasteiger partial charge is 0.497 e. The molecule has 0 unspecified atom stereocenters. The van der Waals surface area contributed by atoms with Gasteiger partial charge >= 0.3 is 0 Å². The first-order valence-corrected chi connectivity index (χ1v) is 10.1. The molecule has 9 nitrogen and oxygen atoms in total. The molecule has 0 bridgehead atoms. The van der Waals surface area contributed by atoms with Crippen LogP contribution in [0, 0.1) is 0 Å². The van der Waals surface area contributed by atoms with Crippen molar-refractivity contribution in [3.8, 4) is 23.0 Å². The Bertz CT molecular complexity index is 944. The number of sulfonamides is 1. The van der Waals surface area contributed by atoms with E-state index in [0.717, 1.165) is 0 Å². The van der Waals surface area contributed by atoms with E-state index < -0.39 is 15.9 Å². The van der Waals surface area contributed by atoms with Crippen molar-refractivity contribution in [1.29, 1.82) is 0 Å². The van der Waals surface area contributed by atoms with Crippen molar-refractivity contribution in [2.24, 2.45) is 0 Å². The minimum absolute atomic E-state index is 0.00963. The number of carbonyl (C=O) groups is 1. The molecular weight excluding hydrogens is 400 g/mol. The van der Waals surface area contributed by atoms with Crippen molar-refractivity contribution in [3.63, 3.8) is 0 Å². The molecule has 0 saturated carbocycles. The van der Waals surface area contributed by atoms with Crippen LogP contribution in [0.2, 0.25) is 0 Å². The highest BCUT2D eigenvalue weighted by Gasteiger charge is 2.18. The molecule has 2 rings (SSSR count). The van der Waals surface area contributed by atoms with E-state index >= 15 is 0 Å². The van der Waals surface area contributed by atoms with Gasteiger partial charge in [-0.3, -0.25) is 4.79 Å². The van der Waals surface area contributed by atoms with Crippen molar-refractivity contribution in [3.05, 3.63) is 42.0 Å². The van der Waals surface area contributed by atoms with Crippen molar-refractivity contribution in [1.82, 2.24) is 10.0 Å². The fourth-order valence-corrected chi connectivity index (χ4v) is 3.53. The second-order valence-corrected chi connectivity index (χ2v) is 7.50. The van der Waals surface area contributed by atoms with Crippen LogP contribution >= 0.6 is 0 Å². The Kier molecular flexibility index (Phi) is 7.68. The van der Waals surface area contributed by atoms with Crippen LogP contribution < -0.4 is 29.0 Å². The number of carbonyl (C=O) groups excluding carboxylic acids is 1. The van der Waals surface area contributed by atoms with Crippen LogP contribution in [0.3, 0.4) is 0 Å². The summed E-state index contributed by atoms with van der Waals surface area (Å²) in [7, 11) is 2.17. The molecule has 0 aliphatic carbocycles. The standard InChI is InChI=1S/C19H24N2O7S/c1-25-13-5-7-14(8-6-13)29(23,24)21-10-9-20-19(22)15-11-17(27-3)18(28-4)12-16(15)26-2/h5-8,11-12,21H,9-10H2,1-4H3,(H,20,22). The fourth-order valence-electron chi connectivity index (χ4n) is 2.50. The third-order valence-electron chi connectivity index (χ3n) is 4.02. The van der Waals surface area contributed by atoms with E-state index in [9.17, 15) is 13.2 Å². The summed E-state index contributed by atoms with van der Waals surface area (Å²) in [6.07, 6.45) is 0. The Balaban J connectivity index is 1.99. The molecule has 0 heterocycles. The molecule has 0 fully saturated rings. The molecular formula is C19H24N2O7S. The highest BCUT2D eigenvalue weighted by atomic mass is 32.2. The Morgan fingerprint density at radius 2 is 1.41 bits per heavy atom. The van der Waals surface area contributed by atoms with Crippen LogP contribution in [0.5, 0.6) is 23.0 Å². The molecule has 0 spiro atoms. The lowest BCUT2D eigenvalue weighted by atomic mass is 10.1. The maximum absolute atomic E-state index is 12.5. The predicted molar refractivity (Wildman–Crippen MR) is 107 cm³/mol. The van der Waals surface area contributed by atoms with Crippen molar-refractivity contribution < 1.29 is 32.2 Å². The lowest BCUT2D eigenvalue weighted by Gasteiger charge is -2.14. The van der Waals surface area contributed by atoms with E-state index in [1.165, 1.54) is 46.6 Å². The van der Waals surface area contributed by atoms with Crippen LogP contribution in [0.25, 0.3) is 0 Å². The van der Waals surface area contributed by atoms with Crippen LogP contribution in [-0.4, -0.2) is 55.9 Å². The van der Waals surface area contributed by atoms with E-state index in [0.29, 0.717) is 23.0 Å². The first kappa shape index (κ1) is 22.3. The quantitative estimate of drug-likeness (QED) is 0.555. The normalized spacial score (nSPS) is 10.9. The summed E-state index contributed by atoms with van der Waals surface area (Å²) in [5.41, 5.74) is 0.239. The summed E-state index contributed by atoms with van der Waals surface area (Å²) in [5, 5.41) is 2.64. The van der Waals surface area contributed by atoms with Crippen LogP contribution in [-0.2, 0) is 10.0 Å². The van der Waals surface area contributed by atoms with Crippen molar-refractivity contribution >= 4 is 15.9 Å². The molecule has 2 aromatic rings. The third kappa shape index (κ3) is 5.52. The van der Waals surface area contributed by atoms with Gasteiger partial charge in [0.2, 0.25) is 10.0 Å². The number of nitrogens with one attached hydrogen (secondary N) is 2. The molecule has 1 amide bonds. The van der Waals surface area contributed by atoms with Gasteiger partial charge in [-0.2, -0.15) is 0 Å². The van der Waals surface area contributed by atoms with E-state index in [4.69, 9.17) is 18.9 Å².